The van der Waals surface area contributed by atoms with Crippen molar-refractivity contribution in [2.45, 2.75) is 19.5 Å². The van der Waals surface area contributed by atoms with E-state index in [-0.39, 0.29) is 0 Å². The Balaban J connectivity index is 1.49. The SMILES string of the molecule is CNCc1cn(CCCNc2ncc(-c3ccc(Cl)c(Cl)c3)[nH]2)nn1. The van der Waals surface area contributed by atoms with Gasteiger partial charge in [-0.15, -0.1) is 5.10 Å². The van der Waals surface area contributed by atoms with E-state index in [0.717, 1.165) is 49.0 Å². The van der Waals surface area contributed by atoms with Gasteiger partial charge in [-0.25, -0.2) is 4.98 Å². The van der Waals surface area contributed by atoms with Gasteiger partial charge in [0.1, 0.15) is 0 Å². The molecule has 0 aliphatic carbocycles. The predicted octanol–water partition coefficient (Wildman–Crippen LogP) is 3.20. The summed E-state index contributed by atoms with van der Waals surface area (Å²) in [5, 5.41) is 15.5. The van der Waals surface area contributed by atoms with Crippen LogP contribution in [-0.2, 0) is 13.1 Å². The van der Waals surface area contributed by atoms with Gasteiger partial charge < -0.3 is 15.6 Å². The van der Waals surface area contributed by atoms with Crippen LogP contribution in [0, 0.1) is 0 Å². The molecule has 0 saturated heterocycles. The number of H-pyrrole nitrogens is 1. The molecular formula is C16H19Cl2N7. The molecule has 7 nitrogen and oxygen atoms in total. The Kier molecular flexibility index (Phi) is 5.91. The van der Waals surface area contributed by atoms with Crippen molar-refractivity contribution in [3.8, 4) is 11.3 Å². The van der Waals surface area contributed by atoms with Crippen LogP contribution in [0.3, 0.4) is 0 Å². The van der Waals surface area contributed by atoms with Gasteiger partial charge in [-0.2, -0.15) is 0 Å². The van der Waals surface area contributed by atoms with Crippen molar-refractivity contribution >= 4 is 29.2 Å². The molecule has 25 heavy (non-hydrogen) atoms. The molecule has 3 rings (SSSR count). The minimum Gasteiger partial charge on any atom is -0.356 e. The molecule has 0 saturated carbocycles. The number of nitrogens with zero attached hydrogens (tertiary/aromatic N) is 4. The van der Waals surface area contributed by atoms with Gasteiger partial charge in [0, 0.05) is 31.4 Å². The minimum absolute atomic E-state index is 0.522. The summed E-state index contributed by atoms with van der Waals surface area (Å²) < 4.78 is 1.84. The van der Waals surface area contributed by atoms with Gasteiger partial charge in [0.05, 0.1) is 27.6 Å². The van der Waals surface area contributed by atoms with E-state index in [9.17, 15) is 0 Å². The standard InChI is InChI=1S/C16H19Cl2N7/c1-19-8-12-10-25(24-23-12)6-2-5-20-16-21-9-15(22-16)11-3-4-13(17)14(18)7-11/h3-4,7,9-10,19H,2,5-6,8H2,1H3,(H2,20,21,22). The summed E-state index contributed by atoms with van der Waals surface area (Å²) in [5.41, 5.74) is 2.76. The van der Waals surface area contributed by atoms with Crippen molar-refractivity contribution in [2.24, 2.45) is 0 Å². The molecule has 2 heterocycles. The molecule has 0 bridgehead atoms. The highest BCUT2D eigenvalue weighted by molar-refractivity contribution is 6.42. The van der Waals surface area contributed by atoms with Crippen LogP contribution >= 0.6 is 23.2 Å². The second-order valence-electron chi connectivity index (χ2n) is 5.56. The van der Waals surface area contributed by atoms with Crippen molar-refractivity contribution in [2.75, 3.05) is 18.9 Å². The fourth-order valence-electron chi connectivity index (χ4n) is 2.38. The number of aromatic nitrogens is 5. The second-order valence-corrected chi connectivity index (χ2v) is 6.37. The Morgan fingerprint density at radius 1 is 1.24 bits per heavy atom. The van der Waals surface area contributed by atoms with Gasteiger partial charge in [0.25, 0.3) is 0 Å². The van der Waals surface area contributed by atoms with E-state index in [0.29, 0.717) is 10.0 Å². The number of aromatic amines is 1. The lowest BCUT2D eigenvalue weighted by atomic mass is 10.2. The van der Waals surface area contributed by atoms with Crippen LogP contribution < -0.4 is 10.6 Å². The molecule has 0 aliphatic rings. The largest absolute Gasteiger partial charge is 0.356 e. The fourth-order valence-corrected chi connectivity index (χ4v) is 2.68. The first-order valence-corrected chi connectivity index (χ1v) is 8.69. The Labute approximate surface area is 155 Å². The molecule has 2 aromatic heterocycles. The van der Waals surface area contributed by atoms with Crippen LogP contribution in [0.5, 0.6) is 0 Å². The highest BCUT2D eigenvalue weighted by Gasteiger charge is 2.06. The van der Waals surface area contributed by atoms with Gasteiger partial charge >= 0.3 is 0 Å². The van der Waals surface area contributed by atoms with E-state index in [1.807, 2.05) is 30.1 Å². The second kappa shape index (κ2) is 8.33. The summed E-state index contributed by atoms with van der Waals surface area (Å²) in [6.07, 6.45) is 4.63. The first-order chi connectivity index (χ1) is 12.2. The molecular weight excluding hydrogens is 361 g/mol. The lowest BCUT2D eigenvalue weighted by molar-refractivity contribution is 0.569. The van der Waals surface area contributed by atoms with Gasteiger partial charge in [-0.3, -0.25) is 4.68 Å². The van der Waals surface area contributed by atoms with Crippen molar-refractivity contribution in [1.29, 1.82) is 0 Å². The maximum atomic E-state index is 6.05. The number of hydrogen-bond donors (Lipinski definition) is 3. The Hall–Kier alpha value is -2.09. The molecule has 9 heteroatoms. The zero-order chi connectivity index (χ0) is 17.6. The van der Waals surface area contributed by atoms with Gasteiger partial charge in [-0.1, -0.05) is 34.5 Å². The molecule has 1 aromatic carbocycles. The van der Waals surface area contributed by atoms with Crippen molar-refractivity contribution < 1.29 is 0 Å². The fraction of sp³-hybridized carbons (Fsp3) is 0.312. The smallest absolute Gasteiger partial charge is 0.200 e. The number of imidazole rings is 1. The normalized spacial score (nSPS) is 11.0. The van der Waals surface area contributed by atoms with Crippen molar-refractivity contribution in [3.05, 3.63) is 46.3 Å². The summed E-state index contributed by atoms with van der Waals surface area (Å²) in [5.74, 6) is 0.718. The lowest BCUT2D eigenvalue weighted by Crippen LogP contribution is -2.08. The molecule has 0 unspecified atom stereocenters. The number of anilines is 1. The molecule has 132 valence electrons. The third kappa shape index (κ3) is 4.72. The molecule has 0 atom stereocenters. The molecule has 0 fully saturated rings. The summed E-state index contributed by atoms with van der Waals surface area (Å²) >= 11 is 12.0. The zero-order valence-electron chi connectivity index (χ0n) is 13.8. The first-order valence-electron chi connectivity index (χ1n) is 7.93. The summed E-state index contributed by atoms with van der Waals surface area (Å²) in [7, 11) is 1.89. The molecule has 0 spiro atoms. The van der Waals surface area contributed by atoms with Crippen LogP contribution in [0.1, 0.15) is 12.1 Å². The first kappa shape index (κ1) is 17.7. The van der Waals surface area contributed by atoms with E-state index in [1.165, 1.54) is 0 Å². The summed E-state index contributed by atoms with van der Waals surface area (Å²) in [6, 6.07) is 5.49. The van der Waals surface area contributed by atoms with E-state index in [2.05, 4.69) is 30.9 Å². The monoisotopic (exact) mass is 379 g/mol. The van der Waals surface area contributed by atoms with E-state index < -0.39 is 0 Å². The molecule has 3 aromatic rings. The van der Waals surface area contributed by atoms with Gasteiger partial charge in [-0.05, 0) is 25.6 Å². The molecule has 0 amide bonds. The van der Waals surface area contributed by atoms with Crippen LogP contribution in [0.4, 0.5) is 5.95 Å². The number of nitrogens with one attached hydrogen (secondary N) is 3. The van der Waals surface area contributed by atoms with E-state index >= 15 is 0 Å². The van der Waals surface area contributed by atoms with Gasteiger partial charge in [0.15, 0.2) is 0 Å². The van der Waals surface area contributed by atoms with E-state index in [1.54, 1.807) is 12.3 Å². The quantitative estimate of drug-likeness (QED) is 0.523. The molecule has 0 radical (unpaired) electrons. The van der Waals surface area contributed by atoms with Crippen molar-refractivity contribution in [3.63, 3.8) is 0 Å². The summed E-state index contributed by atoms with van der Waals surface area (Å²) in [6.45, 7) is 2.29. The molecule has 0 aliphatic heterocycles. The predicted molar refractivity (Wildman–Crippen MR) is 99.9 cm³/mol. The Morgan fingerprint density at radius 3 is 2.92 bits per heavy atom. The van der Waals surface area contributed by atoms with Gasteiger partial charge in [0.2, 0.25) is 5.95 Å². The van der Waals surface area contributed by atoms with Crippen LogP contribution in [0.25, 0.3) is 11.3 Å². The molecule has 3 N–H and O–H groups in total. The minimum atomic E-state index is 0.522. The number of aryl methyl sites for hydroxylation is 1. The average molecular weight is 380 g/mol. The average Bonchev–Trinajstić information content (AvgIpc) is 3.24. The topological polar surface area (TPSA) is 83.5 Å². The maximum absolute atomic E-state index is 6.05. The third-order valence-corrected chi connectivity index (χ3v) is 4.35. The van der Waals surface area contributed by atoms with E-state index in [4.69, 9.17) is 23.2 Å². The Morgan fingerprint density at radius 2 is 2.12 bits per heavy atom. The van der Waals surface area contributed by atoms with Crippen LogP contribution in [0.15, 0.2) is 30.6 Å². The number of rotatable bonds is 8. The lowest BCUT2D eigenvalue weighted by Gasteiger charge is -2.03. The third-order valence-electron chi connectivity index (χ3n) is 3.61. The van der Waals surface area contributed by atoms with Crippen molar-refractivity contribution in [1.82, 2.24) is 30.3 Å². The number of halogens is 2. The highest BCUT2D eigenvalue weighted by atomic mass is 35.5. The Bertz CT molecular complexity index is 828. The van der Waals surface area contributed by atoms with Crippen LogP contribution in [0.2, 0.25) is 10.0 Å². The number of benzene rings is 1. The highest BCUT2D eigenvalue weighted by Crippen LogP contribution is 2.27. The zero-order valence-corrected chi connectivity index (χ0v) is 15.3. The van der Waals surface area contributed by atoms with Crippen LogP contribution in [-0.4, -0.2) is 38.6 Å². The maximum Gasteiger partial charge on any atom is 0.200 e. The number of hydrogen-bond acceptors (Lipinski definition) is 5. The summed E-state index contributed by atoms with van der Waals surface area (Å²) in [4.78, 5) is 7.56.